The summed E-state index contributed by atoms with van der Waals surface area (Å²) >= 11 is 0. The minimum Gasteiger partial charge on any atom is -0.329 e. The molecule has 0 unspecified atom stereocenters. The minimum absolute atomic E-state index is 0.297. The van der Waals surface area contributed by atoms with E-state index in [0.29, 0.717) is 12.5 Å². The van der Waals surface area contributed by atoms with Crippen molar-refractivity contribution < 1.29 is 4.79 Å². The molecule has 3 nitrogen and oxygen atoms in total. The first-order valence-corrected chi connectivity index (χ1v) is 4.78. The monoisotopic (exact) mass is 170 g/mol. The van der Waals surface area contributed by atoms with Crippen molar-refractivity contribution in [3.8, 4) is 0 Å². The highest BCUT2D eigenvalue weighted by molar-refractivity contribution is 5.80. The standard InChI is InChI=1S/C9H18N2O/c1-3-5-10-7-9(12)11(8-10)6-4-2/h3-8H2,1-2H3. The van der Waals surface area contributed by atoms with Crippen molar-refractivity contribution in [2.75, 3.05) is 26.3 Å². The fourth-order valence-corrected chi connectivity index (χ4v) is 1.59. The average Bonchev–Trinajstić information content (AvgIpc) is 2.34. The Hall–Kier alpha value is -0.570. The van der Waals surface area contributed by atoms with E-state index in [4.69, 9.17) is 0 Å². The smallest absolute Gasteiger partial charge is 0.237 e. The first-order valence-electron chi connectivity index (χ1n) is 4.78. The Balaban J connectivity index is 2.34. The molecule has 12 heavy (non-hydrogen) atoms. The van der Waals surface area contributed by atoms with Crippen LogP contribution in [-0.4, -0.2) is 42.0 Å². The lowest BCUT2D eigenvalue weighted by atomic mass is 10.4. The molecular formula is C9H18N2O. The number of rotatable bonds is 4. The quantitative estimate of drug-likeness (QED) is 0.626. The van der Waals surface area contributed by atoms with Gasteiger partial charge in [0.2, 0.25) is 5.91 Å². The lowest BCUT2D eigenvalue weighted by molar-refractivity contribution is -0.126. The molecule has 0 atom stereocenters. The number of amides is 1. The summed E-state index contributed by atoms with van der Waals surface area (Å²) in [4.78, 5) is 15.5. The van der Waals surface area contributed by atoms with Crippen LogP contribution < -0.4 is 0 Å². The van der Waals surface area contributed by atoms with E-state index in [-0.39, 0.29) is 0 Å². The molecule has 1 heterocycles. The summed E-state index contributed by atoms with van der Waals surface area (Å²) < 4.78 is 0. The predicted octanol–water partition coefficient (Wildman–Crippen LogP) is 0.908. The zero-order valence-electron chi connectivity index (χ0n) is 8.05. The summed E-state index contributed by atoms with van der Waals surface area (Å²) in [7, 11) is 0. The molecule has 1 amide bonds. The van der Waals surface area contributed by atoms with Crippen LogP contribution in [0.1, 0.15) is 26.7 Å². The zero-order valence-corrected chi connectivity index (χ0v) is 8.05. The van der Waals surface area contributed by atoms with Crippen molar-refractivity contribution in [1.82, 2.24) is 9.80 Å². The summed E-state index contributed by atoms with van der Waals surface area (Å²) in [5.74, 6) is 0.297. The third kappa shape index (κ3) is 2.21. The van der Waals surface area contributed by atoms with Crippen molar-refractivity contribution in [1.29, 1.82) is 0 Å². The fraction of sp³-hybridized carbons (Fsp3) is 0.889. The second kappa shape index (κ2) is 4.45. The number of hydrogen-bond acceptors (Lipinski definition) is 2. The van der Waals surface area contributed by atoms with Crippen LogP contribution in [0.4, 0.5) is 0 Å². The van der Waals surface area contributed by atoms with Crippen molar-refractivity contribution in [2.45, 2.75) is 26.7 Å². The second-order valence-corrected chi connectivity index (χ2v) is 3.35. The molecule has 1 rings (SSSR count). The molecule has 0 aromatic heterocycles. The van der Waals surface area contributed by atoms with Gasteiger partial charge in [-0.3, -0.25) is 9.69 Å². The molecule has 1 fully saturated rings. The van der Waals surface area contributed by atoms with Crippen molar-refractivity contribution >= 4 is 5.91 Å². The van der Waals surface area contributed by atoms with Crippen LogP contribution in [0.3, 0.4) is 0 Å². The molecule has 70 valence electrons. The molecule has 0 N–H and O–H groups in total. The number of nitrogens with zero attached hydrogens (tertiary/aromatic N) is 2. The highest BCUT2D eigenvalue weighted by Gasteiger charge is 2.25. The summed E-state index contributed by atoms with van der Waals surface area (Å²) in [6, 6.07) is 0. The second-order valence-electron chi connectivity index (χ2n) is 3.35. The maximum absolute atomic E-state index is 11.3. The lowest BCUT2D eigenvalue weighted by Crippen LogP contribution is -2.28. The molecule has 3 heteroatoms. The van der Waals surface area contributed by atoms with Gasteiger partial charge in [-0.1, -0.05) is 13.8 Å². The maximum Gasteiger partial charge on any atom is 0.237 e. The Labute approximate surface area is 74.3 Å². The molecule has 0 bridgehead atoms. The van der Waals surface area contributed by atoms with Crippen LogP contribution in [0, 0.1) is 0 Å². The first kappa shape index (κ1) is 9.52. The molecule has 1 saturated heterocycles. The highest BCUT2D eigenvalue weighted by atomic mass is 16.2. The molecule has 1 aliphatic heterocycles. The third-order valence-corrected chi connectivity index (χ3v) is 2.12. The van der Waals surface area contributed by atoms with Crippen LogP contribution in [0.15, 0.2) is 0 Å². The SMILES string of the molecule is CCCN1CC(=O)N(CCC)C1. The summed E-state index contributed by atoms with van der Waals surface area (Å²) in [5.41, 5.74) is 0. The normalized spacial score (nSPS) is 19.2. The van der Waals surface area contributed by atoms with Gasteiger partial charge in [0.25, 0.3) is 0 Å². The van der Waals surface area contributed by atoms with E-state index in [1.807, 2.05) is 4.90 Å². The van der Waals surface area contributed by atoms with E-state index < -0.39 is 0 Å². The van der Waals surface area contributed by atoms with Gasteiger partial charge in [-0.25, -0.2) is 0 Å². The van der Waals surface area contributed by atoms with Gasteiger partial charge >= 0.3 is 0 Å². The Morgan fingerprint density at radius 1 is 1.25 bits per heavy atom. The van der Waals surface area contributed by atoms with Gasteiger partial charge in [0.1, 0.15) is 0 Å². The van der Waals surface area contributed by atoms with Gasteiger partial charge in [0, 0.05) is 13.1 Å². The summed E-state index contributed by atoms with van der Waals surface area (Å²) in [5, 5.41) is 0. The van der Waals surface area contributed by atoms with Crippen LogP contribution >= 0.6 is 0 Å². The highest BCUT2D eigenvalue weighted by Crippen LogP contribution is 2.07. The Morgan fingerprint density at radius 2 is 1.92 bits per heavy atom. The van der Waals surface area contributed by atoms with Gasteiger partial charge in [-0.05, 0) is 12.8 Å². The Kier molecular flexibility index (Phi) is 3.53. The summed E-state index contributed by atoms with van der Waals surface area (Å²) in [6.07, 6.45) is 2.19. The van der Waals surface area contributed by atoms with Gasteiger partial charge < -0.3 is 4.90 Å². The molecule has 0 aliphatic carbocycles. The molecule has 0 saturated carbocycles. The molecule has 0 radical (unpaired) electrons. The van der Waals surface area contributed by atoms with Gasteiger partial charge in [0.15, 0.2) is 0 Å². The molecule has 1 aliphatic rings. The van der Waals surface area contributed by atoms with E-state index in [0.717, 1.165) is 32.6 Å². The minimum atomic E-state index is 0.297. The van der Waals surface area contributed by atoms with Crippen LogP contribution in [0.25, 0.3) is 0 Å². The number of carbonyl (C=O) groups is 1. The molecule has 0 aromatic carbocycles. The van der Waals surface area contributed by atoms with E-state index in [1.54, 1.807) is 0 Å². The summed E-state index contributed by atoms with van der Waals surface area (Å²) in [6.45, 7) is 7.70. The van der Waals surface area contributed by atoms with Crippen molar-refractivity contribution in [3.05, 3.63) is 0 Å². The zero-order chi connectivity index (χ0) is 8.97. The molecular weight excluding hydrogens is 152 g/mol. The lowest BCUT2D eigenvalue weighted by Gasteiger charge is -2.16. The fourth-order valence-electron chi connectivity index (χ4n) is 1.59. The van der Waals surface area contributed by atoms with Gasteiger partial charge in [-0.15, -0.1) is 0 Å². The van der Waals surface area contributed by atoms with Crippen LogP contribution in [-0.2, 0) is 4.79 Å². The van der Waals surface area contributed by atoms with E-state index >= 15 is 0 Å². The van der Waals surface area contributed by atoms with E-state index in [1.165, 1.54) is 0 Å². The number of carbonyl (C=O) groups excluding carboxylic acids is 1. The largest absolute Gasteiger partial charge is 0.329 e. The maximum atomic E-state index is 11.3. The predicted molar refractivity (Wildman–Crippen MR) is 48.7 cm³/mol. The Bertz CT molecular complexity index is 159. The molecule has 0 spiro atoms. The van der Waals surface area contributed by atoms with Crippen LogP contribution in [0.5, 0.6) is 0 Å². The van der Waals surface area contributed by atoms with Gasteiger partial charge in [-0.2, -0.15) is 0 Å². The number of hydrogen-bond donors (Lipinski definition) is 0. The average molecular weight is 170 g/mol. The van der Waals surface area contributed by atoms with E-state index in [9.17, 15) is 4.79 Å². The van der Waals surface area contributed by atoms with Crippen molar-refractivity contribution in [2.24, 2.45) is 0 Å². The van der Waals surface area contributed by atoms with Crippen LogP contribution in [0.2, 0.25) is 0 Å². The first-order chi connectivity index (χ1) is 5.77. The third-order valence-electron chi connectivity index (χ3n) is 2.12. The van der Waals surface area contributed by atoms with Crippen molar-refractivity contribution in [3.63, 3.8) is 0 Å². The molecule has 0 aromatic rings. The van der Waals surface area contributed by atoms with E-state index in [2.05, 4.69) is 18.7 Å². The topological polar surface area (TPSA) is 23.6 Å². The Morgan fingerprint density at radius 3 is 2.50 bits per heavy atom. The van der Waals surface area contributed by atoms with Gasteiger partial charge in [0.05, 0.1) is 13.2 Å².